The molecule has 2 aliphatic heterocycles. The van der Waals surface area contributed by atoms with Gasteiger partial charge in [0.2, 0.25) is 16.0 Å². The number of anilines is 2. The molecule has 2 saturated heterocycles. The van der Waals surface area contributed by atoms with E-state index in [-0.39, 0.29) is 0 Å². The first-order valence-corrected chi connectivity index (χ1v) is 11.4. The van der Waals surface area contributed by atoms with Crippen LogP contribution in [0.2, 0.25) is 0 Å². The first-order chi connectivity index (χ1) is 14.0. The number of ether oxygens (including phenoxy) is 1. The number of benzene rings is 1. The molecule has 8 nitrogen and oxygen atoms in total. The minimum absolute atomic E-state index is 0.293. The highest BCUT2D eigenvalue weighted by molar-refractivity contribution is 7.89. The predicted molar refractivity (Wildman–Crippen MR) is 112 cm³/mol. The van der Waals surface area contributed by atoms with Crippen molar-refractivity contribution < 1.29 is 13.2 Å². The summed E-state index contributed by atoms with van der Waals surface area (Å²) in [6.07, 6.45) is 2.35. The van der Waals surface area contributed by atoms with Crippen molar-refractivity contribution in [1.29, 1.82) is 0 Å². The lowest BCUT2D eigenvalue weighted by atomic mass is 10.3. The molecule has 4 rings (SSSR count). The van der Waals surface area contributed by atoms with E-state index in [1.165, 1.54) is 12.8 Å². The molecule has 0 spiro atoms. The van der Waals surface area contributed by atoms with Gasteiger partial charge in [-0.3, -0.25) is 0 Å². The molecule has 0 aliphatic carbocycles. The smallest absolute Gasteiger partial charge is 0.243 e. The van der Waals surface area contributed by atoms with Gasteiger partial charge < -0.3 is 14.5 Å². The van der Waals surface area contributed by atoms with E-state index in [4.69, 9.17) is 9.72 Å². The second-order valence-corrected chi connectivity index (χ2v) is 9.37. The topological polar surface area (TPSA) is 78.9 Å². The monoisotopic (exact) mass is 417 g/mol. The van der Waals surface area contributed by atoms with E-state index in [2.05, 4.69) is 14.8 Å². The molecule has 156 valence electrons. The third-order valence-electron chi connectivity index (χ3n) is 5.48. The van der Waals surface area contributed by atoms with Crippen LogP contribution in [0, 0.1) is 6.92 Å². The Labute approximate surface area is 172 Å². The van der Waals surface area contributed by atoms with E-state index in [0.717, 1.165) is 30.5 Å². The van der Waals surface area contributed by atoms with Gasteiger partial charge in [-0.15, -0.1) is 0 Å². The molecule has 29 heavy (non-hydrogen) atoms. The van der Waals surface area contributed by atoms with Gasteiger partial charge in [0.1, 0.15) is 11.6 Å². The summed E-state index contributed by atoms with van der Waals surface area (Å²) in [5, 5.41) is 0. The van der Waals surface area contributed by atoms with Gasteiger partial charge in [0.15, 0.2) is 0 Å². The fourth-order valence-electron chi connectivity index (χ4n) is 3.81. The SMILES string of the molecule is COc1ccc(S(=O)(=O)N2CCN(c3cc(C)nc(N4CCCC4)n3)CC2)cc1. The third kappa shape index (κ3) is 4.16. The fourth-order valence-corrected chi connectivity index (χ4v) is 5.23. The maximum absolute atomic E-state index is 12.9. The summed E-state index contributed by atoms with van der Waals surface area (Å²) >= 11 is 0. The van der Waals surface area contributed by atoms with Gasteiger partial charge in [-0.25, -0.2) is 13.4 Å². The molecular formula is C20H27N5O3S. The second-order valence-electron chi connectivity index (χ2n) is 7.43. The minimum Gasteiger partial charge on any atom is -0.497 e. The zero-order chi connectivity index (χ0) is 20.4. The molecule has 1 aromatic carbocycles. The summed E-state index contributed by atoms with van der Waals surface area (Å²) in [5.74, 6) is 2.30. The lowest BCUT2D eigenvalue weighted by molar-refractivity contribution is 0.383. The molecule has 0 unspecified atom stereocenters. The van der Waals surface area contributed by atoms with Crippen LogP contribution in [-0.2, 0) is 10.0 Å². The van der Waals surface area contributed by atoms with Gasteiger partial charge in [-0.2, -0.15) is 9.29 Å². The number of rotatable bonds is 5. The van der Waals surface area contributed by atoms with Crippen LogP contribution in [0.25, 0.3) is 0 Å². The summed E-state index contributed by atoms with van der Waals surface area (Å²) in [6.45, 7) is 6.03. The lowest BCUT2D eigenvalue weighted by Gasteiger charge is -2.35. The number of nitrogens with zero attached hydrogens (tertiary/aromatic N) is 5. The fraction of sp³-hybridized carbons (Fsp3) is 0.500. The Bertz CT molecular complexity index is 951. The van der Waals surface area contributed by atoms with Crippen molar-refractivity contribution in [3.05, 3.63) is 36.0 Å². The standard InChI is InChI=1S/C20H27N5O3S/c1-16-15-19(22-20(21-16)24-9-3-4-10-24)23-11-13-25(14-12-23)29(26,27)18-7-5-17(28-2)6-8-18/h5-8,15H,3-4,9-14H2,1-2H3. The summed E-state index contributed by atoms with van der Waals surface area (Å²) in [7, 11) is -1.95. The molecule has 2 fully saturated rings. The van der Waals surface area contributed by atoms with Crippen molar-refractivity contribution in [2.45, 2.75) is 24.7 Å². The van der Waals surface area contributed by atoms with Crippen LogP contribution in [-0.4, -0.2) is 69.1 Å². The lowest BCUT2D eigenvalue weighted by Crippen LogP contribution is -2.49. The van der Waals surface area contributed by atoms with E-state index in [1.54, 1.807) is 35.7 Å². The van der Waals surface area contributed by atoms with Gasteiger partial charge in [-0.1, -0.05) is 0 Å². The number of aryl methyl sites for hydroxylation is 1. The van der Waals surface area contributed by atoms with Gasteiger partial charge in [0.25, 0.3) is 0 Å². The summed E-state index contributed by atoms with van der Waals surface area (Å²) < 4.78 is 32.6. The van der Waals surface area contributed by atoms with Crippen molar-refractivity contribution in [3.8, 4) is 5.75 Å². The number of methoxy groups -OCH3 is 1. The molecule has 1 aromatic heterocycles. The molecule has 3 heterocycles. The quantitative estimate of drug-likeness (QED) is 0.735. The highest BCUT2D eigenvalue weighted by Crippen LogP contribution is 2.24. The van der Waals surface area contributed by atoms with Crippen molar-refractivity contribution in [1.82, 2.24) is 14.3 Å². The zero-order valence-corrected chi connectivity index (χ0v) is 17.7. The van der Waals surface area contributed by atoms with Crippen LogP contribution in [0.15, 0.2) is 35.2 Å². The summed E-state index contributed by atoms with van der Waals surface area (Å²) in [6, 6.07) is 8.51. The van der Waals surface area contributed by atoms with Crippen LogP contribution in [0.1, 0.15) is 18.5 Å². The highest BCUT2D eigenvalue weighted by atomic mass is 32.2. The van der Waals surface area contributed by atoms with Crippen molar-refractivity contribution in [2.24, 2.45) is 0 Å². The van der Waals surface area contributed by atoms with Crippen molar-refractivity contribution in [2.75, 3.05) is 56.2 Å². The Balaban J connectivity index is 1.46. The van der Waals surface area contributed by atoms with Crippen LogP contribution in [0.4, 0.5) is 11.8 Å². The van der Waals surface area contributed by atoms with Crippen LogP contribution < -0.4 is 14.5 Å². The maximum atomic E-state index is 12.9. The van der Waals surface area contributed by atoms with Gasteiger partial charge in [0, 0.05) is 51.0 Å². The zero-order valence-electron chi connectivity index (χ0n) is 16.9. The molecule has 0 atom stereocenters. The van der Waals surface area contributed by atoms with E-state index in [0.29, 0.717) is 36.8 Å². The van der Waals surface area contributed by atoms with E-state index in [9.17, 15) is 8.42 Å². The van der Waals surface area contributed by atoms with Crippen molar-refractivity contribution in [3.63, 3.8) is 0 Å². The first-order valence-electron chi connectivity index (χ1n) is 9.97. The Morgan fingerprint density at radius 2 is 1.55 bits per heavy atom. The van der Waals surface area contributed by atoms with Crippen LogP contribution >= 0.6 is 0 Å². The Kier molecular flexibility index (Phi) is 5.60. The third-order valence-corrected chi connectivity index (χ3v) is 7.39. The van der Waals surface area contributed by atoms with Crippen molar-refractivity contribution >= 4 is 21.8 Å². The Morgan fingerprint density at radius 3 is 2.17 bits per heavy atom. The highest BCUT2D eigenvalue weighted by Gasteiger charge is 2.29. The number of hydrogen-bond donors (Lipinski definition) is 0. The van der Waals surface area contributed by atoms with Crippen LogP contribution in [0.5, 0.6) is 5.75 Å². The van der Waals surface area contributed by atoms with E-state index in [1.807, 2.05) is 13.0 Å². The normalized spacial score (nSPS) is 18.3. The molecule has 0 saturated carbocycles. The Morgan fingerprint density at radius 1 is 0.897 bits per heavy atom. The molecule has 2 aliphatic rings. The summed E-state index contributed by atoms with van der Waals surface area (Å²) in [4.78, 5) is 14.0. The number of piperazine rings is 1. The number of hydrogen-bond acceptors (Lipinski definition) is 7. The molecule has 0 radical (unpaired) electrons. The second kappa shape index (κ2) is 8.16. The maximum Gasteiger partial charge on any atom is 0.243 e. The van der Waals surface area contributed by atoms with Gasteiger partial charge in [0.05, 0.1) is 12.0 Å². The van der Waals surface area contributed by atoms with E-state index < -0.39 is 10.0 Å². The molecule has 0 N–H and O–H groups in total. The predicted octanol–water partition coefficient (Wildman–Crippen LogP) is 1.90. The molecule has 0 bridgehead atoms. The minimum atomic E-state index is -3.51. The number of sulfonamides is 1. The number of aromatic nitrogens is 2. The average Bonchev–Trinajstić information content (AvgIpc) is 3.28. The molecule has 2 aromatic rings. The van der Waals surface area contributed by atoms with Gasteiger partial charge >= 0.3 is 0 Å². The average molecular weight is 418 g/mol. The van der Waals surface area contributed by atoms with Gasteiger partial charge in [-0.05, 0) is 44.0 Å². The molecular weight excluding hydrogens is 390 g/mol. The largest absolute Gasteiger partial charge is 0.497 e. The van der Waals surface area contributed by atoms with E-state index >= 15 is 0 Å². The summed E-state index contributed by atoms with van der Waals surface area (Å²) in [5.41, 5.74) is 0.935. The Hall–Kier alpha value is -2.39. The molecule has 0 amide bonds. The molecule has 9 heteroatoms. The van der Waals surface area contributed by atoms with Crippen LogP contribution in [0.3, 0.4) is 0 Å². The first kappa shape index (κ1) is 19.9.